The molecule has 9 nitrogen and oxygen atoms in total. The van der Waals surface area contributed by atoms with Crippen molar-refractivity contribution in [3.63, 3.8) is 0 Å². The first-order valence-electron chi connectivity index (χ1n) is 25.7. The van der Waals surface area contributed by atoms with Crippen LogP contribution < -0.4 is 0 Å². The Labute approximate surface area is 370 Å². The predicted octanol–water partition coefficient (Wildman–Crippen LogP) is 14.8. The molecule has 0 amide bonds. The third kappa shape index (κ3) is 46.7. The average molecular weight is 875 g/mol. The summed E-state index contributed by atoms with van der Waals surface area (Å²) in [7, 11) is -4.52. The highest BCUT2D eigenvalue weighted by Gasteiger charge is 2.26. The minimum absolute atomic E-state index is 0.0511. The molecule has 3 atom stereocenters. The van der Waals surface area contributed by atoms with E-state index in [1.807, 2.05) is 0 Å². The highest BCUT2D eigenvalue weighted by Crippen LogP contribution is 2.43. The molecule has 10 heteroatoms. The summed E-state index contributed by atoms with van der Waals surface area (Å²) < 4.78 is 33.5. The lowest BCUT2D eigenvalue weighted by Crippen LogP contribution is -2.29. The number of allylic oxidation sites excluding steroid dienone is 2. The van der Waals surface area contributed by atoms with Crippen LogP contribution in [-0.4, -0.2) is 66.3 Å². The zero-order valence-electron chi connectivity index (χ0n) is 39.5. The van der Waals surface area contributed by atoms with E-state index >= 15 is 0 Å². The molecular formula is C50H99O9P. The van der Waals surface area contributed by atoms with Crippen LogP contribution in [0.4, 0.5) is 0 Å². The Kier molecular flexibility index (Phi) is 47.0. The quantitative estimate of drug-likeness (QED) is 0.0236. The van der Waals surface area contributed by atoms with Crippen molar-refractivity contribution in [3.8, 4) is 0 Å². The van der Waals surface area contributed by atoms with Gasteiger partial charge in [-0.05, 0) is 38.5 Å². The number of aliphatic hydroxyl groups is 2. The molecule has 0 aliphatic heterocycles. The van der Waals surface area contributed by atoms with Gasteiger partial charge in [-0.3, -0.25) is 13.8 Å². The van der Waals surface area contributed by atoms with Crippen molar-refractivity contribution in [2.75, 3.05) is 33.0 Å². The standard InChI is InChI=1S/C50H99O9P/c1-3-5-7-9-11-13-15-17-19-21-22-23-24-25-26-27-28-30-32-34-36-38-40-42-50(53)59-49(47-58-60(54,55)57-45-48(52)44-51)46-56-43-41-39-37-35-33-31-29-20-18-16-14-12-10-8-6-4-2/h18,20,48-49,51-52H,3-17,19,21-47H2,1-2H3,(H,54,55)/b20-18-. The molecule has 0 spiro atoms. The van der Waals surface area contributed by atoms with E-state index in [9.17, 15) is 19.4 Å². The zero-order valence-corrected chi connectivity index (χ0v) is 40.3. The number of aliphatic hydroxyl groups excluding tert-OH is 2. The number of esters is 1. The van der Waals surface area contributed by atoms with Crippen molar-refractivity contribution in [1.82, 2.24) is 0 Å². The minimum Gasteiger partial charge on any atom is -0.457 e. The first-order chi connectivity index (χ1) is 29.3. The third-order valence-electron chi connectivity index (χ3n) is 11.5. The fourth-order valence-corrected chi connectivity index (χ4v) is 8.32. The molecule has 0 rings (SSSR count). The number of rotatable bonds is 50. The molecule has 0 aromatic heterocycles. The summed E-state index contributed by atoms with van der Waals surface area (Å²) in [6.07, 6.45) is 50.4. The summed E-state index contributed by atoms with van der Waals surface area (Å²) in [5, 5.41) is 18.4. The van der Waals surface area contributed by atoms with Crippen LogP contribution in [0.1, 0.15) is 258 Å². The number of ether oxygens (including phenoxy) is 2. The van der Waals surface area contributed by atoms with E-state index in [4.69, 9.17) is 23.6 Å². The van der Waals surface area contributed by atoms with Crippen LogP contribution in [-0.2, 0) is 27.9 Å². The lowest BCUT2D eigenvalue weighted by Gasteiger charge is -2.20. The Bertz CT molecular complexity index is 949. The van der Waals surface area contributed by atoms with Crippen LogP contribution in [0, 0.1) is 0 Å². The maximum atomic E-state index is 12.7. The molecule has 358 valence electrons. The fourth-order valence-electron chi connectivity index (χ4n) is 7.53. The molecule has 3 unspecified atom stereocenters. The summed E-state index contributed by atoms with van der Waals surface area (Å²) in [6.45, 7) is 3.56. The molecular weight excluding hydrogens is 776 g/mol. The third-order valence-corrected chi connectivity index (χ3v) is 12.4. The van der Waals surface area contributed by atoms with Gasteiger partial charge in [0, 0.05) is 13.0 Å². The summed E-state index contributed by atoms with van der Waals surface area (Å²) in [6, 6.07) is 0. The number of phosphoric ester groups is 1. The van der Waals surface area contributed by atoms with Crippen molar-refractivity contribution >= 4 is 13.8 Å². The van der Waals surface area contributed by atoms with Crippen molar-refractivity contribution in [2.24, 2.45) is 0 Å². The van der Waals surface area contributed by atoms with Gasteiger partial charge in [-0.25, -0.2) is 4.57 Å². The predicted molar refractivity (Wildman–Crippen MR) is 251 cm³/mol. The van der Waals surface area contributed by atoms with Crippen molar-refractivity contribution in [2.45, 2.75) is 270 Å². The van der Waals surface area contributed by atoms with E-state index < -0.39 is 33.2 Å². The van der Waals surface area contributed by atoms with Gasteiger partial charge in [0.05, 0.1) is 26.4 Å². The molecule has 3 N–H and O–H groups in total. The molecule has 0 saturated carbocycles. The Morgan fingerprint density at radius 1 is 0.500 bits per heavy atom. The van der Waals surface area contributed by atoms with E-state index in [-0.39, 0.29) is 25.6 Å². The highest BCUT2D eigenvalue weighted by atomic mass is 31.2. The SMILES string of the molecule is CCCCCCCC/C=C\CCCCCCCCOCC(COP(=O)(O)OCC(O)CO)OC(=O)CCCCCCCCCCCCCCCCCCCCCCCCC. The average Bonchev–Trinajstić information content (AvgIpc) is 3.24. The zero-order chi connectivity index (χ0) is 43.9. The van der Waals surface area contributed by atoms with Crippen LogP contribution in [0.15, 0.2) is 12.2 Å². The molecule has 0 heterocycles. The van der Waals surface area contributed by atoms with Gasteiger partial charge in [0.25, 0.3) is 0 Å². The lowest BCUT2D eigenvalue weighted by atomic mass is 10.0. The summed E-state index contributed by atoms with van der Waals surface area (Å²) >= 11 is 0. The van der Waals surface area contributed by atoms with E-state index in [1.54, 1.807) is 0 Å². The highest BCUT2D eigenvalue weighted by molar-refractivity contribution is 7.47. The van der Waals surface area contributed by atoms with Crippen molar-refractivity contribution in [3.05, 3.63) is 12.2 Å². The molecule has 0 fully saturated rings. The second-order valence-corrected chi connectivity index (χ2v) is 19.0. The summed E-state index contributed by atoms with van der Waals surface area (Å²) in [5.41, 5.74) is 0. The fraction of sp³-hybridized carbons (Fsp3) is 0.940. The number of hydrogen-bond donors (Lipinski definition) is 3. The smallest absolute Gasteiger partial charge is 0.457 e. The normalized spacial score (nSPS) is 13.9. The maximum Gasteiger partial charge on any atom is 0.472 e. The molecule has 0 radical (unpaired) electrons. The Hall–Kier alpha value is -0.800. The van der Waals surface area contributed by atoms with Crippen LogP contribution in [0.2, 0.25) is 0 Å². The second kappa shape index (κ2) is 47.7. The number of hydrogen-bond acceptors (Lipinski definition) is 8. The Balaban J connectivity index is 4.01. The summed E-state index contributed by atoms with van der Waals surface area (Å²) in [4.78, 5) is 22.7. The van der Waals surface area contributed by atoms with E-state index in [0.29, 0.717) is 6.61 Å². The van der Waals surface area contributed by atoms with Crippen LogP contribution >= 0.6 is 7.82 Å². The molecule has 60 heavy (non-hydrogen) atoms. The van der Waals surface area contributed by atoms with Gasteiger partial charge in [0.15, 0.2) is 0 Å². The van der Waals surface area contributed by atoms with Crippen LogP contribution in [0.5, 0.6) is 0 Å². The number of carbonyl (C=O) groups is 1. The van der Waals surface area contributed by atoms with Crippen molar-refractivity contribution < 1.29 is 43.0 Å². The lowest BCUT2D eigenvalue weighted by molar-refractivity contribution is -0.154. The number of carbonyl (C=O) groups excluding carboxylic acids is 1. The van der Waals surface area contributed by atoms with Crippen LogP contribution in [0.3, 0.4) is 0 Å². The van der Waals surface area contributed by atoms with Gasteiger partial charge >= 0.3 is 13.8 Å². The molecule has 0 aromatic rings. The van der Waals surface area contributed by atoms with Gasteiger partial charge in [-0.15, -0.1) is 0 Å². The summed E-state index contributed by atoms with van der Waals surface area (Å²) in [5.74, 6) is -0.377. The van der Waals surface area contributed by atoms with E-state index in [2.05, 4.69) is 26.0 Å². The van der Waals surface area contributed by atoms with Gasteiger partial charge in [-0.2, -0.15) is 0 Å². The first kappa shape index (κ1) is 59.2. The topological polar surface area (TPSA) is 132 Å². The van der Waals surface area contributed by atoms with Gasteiger partial charge in [-0.1, -0.05) is 225 Å². The first-order valence-corrected chi connectivity index (χ1v) is 27.2. The number of unbranched alkanes of at least 4 members (excludes halogenated alkanes) is 34. The second-order valence-electron chi connectivity index (χ2n) is 17.5. The van der Waals surface area contributed by atoms with Gasteiger partial charge in [0.1, 0.15) is 12.2 Å². The Morgan fingerprint density at radius 2 is 0.850 bits per heavy atom. The van der Waals surface area contributed by atoms with E-state index in [1.165, 1.54) is 193 Å². The molecule has 0 aliphatic carbocycles. The molecule has 0 bridgehead atoms. The largest absolute Gasteiger partial charge is 0.472 e. The van der Waals surface area contributed by atoms with E-state index in [0.717, 1.165) is 44.9 Å². The Morgan fingerprint density at radius 3 is 1.25 bits per heavy atom. The van der Waals surface area contributed by atoms with Crippen molar-refractivity contribution in [1.29, 1.82) is 0 Å². The minimum atomic E-state index is -4.52. The monoisotopic (exact) mass is 875 g/mol. The van der Waals surface area contributed by atoms with Crippen LogP contribution in [0.25, 0.3) is 0 Å². The molecule has 0 aliphatic rings. The molecule has 0 saturated heterocycles. The molecule has 0 aromatic carbocycles. The maximum absolute atomic E-state index is 12.7. The number of phosphoric acid groups is 1. The van der Waals surface area contributed by atoms with Gasteiger partial charge < -0.3 is 24.6 Å². The van der Waals surface area contributed by atoms with Gasteiger partial charge in [0.2, 0.25) is 0 Å².